The lowest BCUT2D eigenvalue weighted by molar-refractivity contribution is 0.0289. The van der Waals surface area contributed by atoms with E-state index in [9.17, 15) is 0 Å². The first-order chi connectivity index (χ1) is 7.67. The molecule has 96 valence electrons. The third-order valence-electron chi connectivity index (χ3n) is 4.23. The summed E-state index contributed by atoms with van der Waals surface area (Å²) in [5, 5.41) is 0. The SMILES string of the molecule is CCC(CC)(CS)CN(C)C1CCOCC1. The molecular weight excluding hydrogens is 218 g/mol. The fourth-order valence-corrected chi connectivity index (χ4v) is 3.08. The van der Waals surface area contributed by atoms with E-state index in [-0.39, 0.29) is 0 Å². The number of thiol groups is 1. The van der Waals surface area contributed by atoms with Crippen molar-refractivity contribution in [2.24, 2.45) is 5.41 Å². The van der Waals surface area contributed by atoms with Crippen molar-refractivity contribution in [2.45, 2.75) is 45.6 Å². The predicted octanol–water partition coefficient (Wildman–Crippen LogP) is 2.83. The highest BCUT2D eigenvalue weighted by Crippen LogP contribution is 2.30. The molecule has 0 radical (unpaired) electrons. The number of nitrogens with zero attached hydrogens (tertiary/aromatic N) is 1. The summed E-state index contributed by atoms with van der Waals surface area (Å²) in [7, 11) is 2.26. The van der Waals surface area contributed by atoms with Crippen LogP contribution >= 0.6 is 12.6 Å². The van der Waals surface area contributed by atoms with E-state index in [1.54, 1.807) is 0 Å². The highest BCUT2D eigenvalue weighted by Gasteiger charge is 2.29. The molecule has 0 bridgehead atoms. The zero-order valence-corrected chi connectivity index (χ0v) is 11.9. The Bertz CT molecular complexity index is 180. The van der Waals surface area contributed by atoms with Gasteiger partial charge in [-0.15, -0.1) is 0 Å². The Morgan fingerprint density at radius 2 is 1.81 bits per heavy atom. The minimum atomic E-state index is 0.399. The summed E-state index contributed by atoms with van der Waals surface area (Å²) in [5.41, 5.74) is 0.399. The Balaban J connectivity index is 2.49. The molecule has 0 amide bonds. The van der Waals surface area contributed by atoms with Gasteiger partial charge in [0.05, 0.1) is 0 Å². The van der Waals surface area contributed by atoms with Crippen LogP contribution in [0.4, 0.5) is 0 Å². The normalized spacial score (nSPS) is 19.3. The maximum Gasteiger partial charge on any atom is 0.0480 e. The van der Waals surface area contributed by atoms with Crippen LogP contribution < -0.4 is 0 Å². The minimum absolute atomic E-state index is 0.399. The van der Waals surface area contributed by atoms with E-state index in [4.69, 9.17) is 4.74 Å². The lowest BCUT2D eigenvalue weighted by Gasteiger charge is -2.39. The highest BCUT2D eigenvalue weighted by molar-refractivity contribution is 7.80. The van der Waals surface area contributed by atoms with Gasteiger partial charge >= 0.3 is 0 Å². The quantitative estimate of drug-likeness (QED) is 0.723. The van der Waals surface area contributed by atoms with E-state index in [1.807, 2.05) is 0 Å². The van der Waals surface area contributed by atoms with E-state index in [0.717, 1.165) is 19.0 Å². The molecular formula is C13H27NOS. The number of ether oxygens (including phenoxy) is 1. The van der Waals surface area contributed by atoms with Crippen molar-refractivity contribution in [1.82, 2.24) is 4.90 Å². The van der Waals surface area contributed by atoms with Crippen molar-refractivity contribution in [3.8, 4) is 0 Å². The Labute approximate surface area is 106 Å². The lowest BCUT2D eigenvalue weighted by atomic mass is 9.83. The predicted molar refractivity (Wildman–Crippen MR) is 73.3 cm³/mol. The molecule has 1 fully saturated rings. The van der Waals surface area contributed by atoms with Gasteiger partial charge in [0, 0.05) is 25.8 Å². The smallest absolute Gasteiger partial charge is 0.0480 e. The number of hydrogen-bond donors (Lipinski definition) is 1. The van der Waals surface area contributed by atoms with Crippen LogP contribution in [0.1, 0.15) is 39.5 Å². The molecule has 16 heavy (non-hydrogen) atoms. The second-order valence-corrected chi connectivity index (χ2v) is 5.44. The molecule has 1 saturated heterocycles. The first kappa shape index (κ1) is 14.3. The van der Waals surface area contributed by atoms with Crippen molar-refractivity contribution >= 4 is 12.6 Å². The van der Waals surface area contributed by atoms with Crippen molar-refractivity contribution in [1.29, 1.82) is 0 Å². The molecule has 0 aliphatic carbocycles. The molecule has 0 saturated carbocycles. The van der Waals surface area contributed by atoms with Gasteiger partial charge in [0.15, 0.2) is 0 Å². The Morgan fingerprint density at radius 1 is 1.25 bits per heavy atom. The standard InChI is InChI=1S/C13H27NOS/c1-4-13(5-2,11-16)10-14(3)12-6-8-15-9-7-12/h12,16H,4-11H2,1-3H3. The van der Waals surface area contributed by atoms with Crippen molar-refractivity contribution < 1.29 is 4.74 Å². The fourth-order valence-electron chi connectivity index (χ4n) is 2.53. The van der Waals surface area contributed by atoms with Crippen LogP contribution in [0, 0.1) is 5.41 Å². The van der Waals surface area contributed by atoms with Crippen molar-refractivity contribution in [3.05, 3.63) is 0 Å². The van der Waals surface area contributed by atoms with Gasteiger partial charge in [0.2, 0.25) is 0 Å². The second-order valence-electron chi connectivity index (χ2n) is 5.12. The summed E-state index contributed by atoms with van der Waals surface area (Å²) in [5.74, 6) is 0.994. The highest BCUT2D eigenvalue weighted by atomic mass is 32.1. The van der Waals surface area contributed by atoms with Crippen LogP contribution in [0.15, 0.2) is 0 Å². The van der Waals surface area contributed by atoms with E-state index in [1.165, 1.54) is 32.2 Å². The third-order valence-corrected chi connectivity index (χ3v) is 4.91. The Morgan fingerprint density at radius 3 is 2.25 bits per heavy atom. The first-order valence-corrected chi connectivity index (χ1v) is 7.19. The van der Waals surface area contributed by atoms with Crippen LogP contribution in [0.2, 0.25) is 0 Å². The molecule has 0 aromatic heterocycles. The zero-order valence-electron chi connectivity index (χ0n) is 11.0. The van der Waals surface area contributed by atoms with Crippen LogP contribution in [0.3, 0.4) is 0 Å². The first-order valence-electron chi connectivity index (χ1n) is 6.56. The maximum absolute atomic E-state index is 5.42. The van der Waals surface area contributed by atoms with E-state index >= 15 is 0 Å². The van der Waals surface area contributed by atoms with Gasteiger partial charge in [-0.2, -0.15) is 12.6 Å². The molecule has 2 nitrogen and oxygen atoms in total. The summed E-state index contributed by atoms with van der Waals surface area (Å²) < 4.78 is 5.42. The van der Waals surface area contributed by atoms with E-state index < -0.39 is 0 Å². The van der Waals surface area contributed by atoms with Crippen molar-refractivity contribution in [2.75, 3.05) is 32.6 Å². The van der Waals surface area contributed by atoms with Crippen LogP contribution in [0.5, 0.6) is 0 Å². The summed E-state index contributed by atoms with van der Waals surface area (Å²) in [4.78, 5) is 2.53. The third kappa shape index (κ3) is 3.64. The maximum atomic E-state index is 5.42. The minimum Gasteiger partial charge on any atom is -0.381 e. The van der Waals surface area contributed by atoms with E-state index in [0.29, 0.717) is 11.5 Å². The summed E-state index contributed by atoms with van der Waals surface area (Å²) in [6, 6.07) is 0.714. The average Bonchev–Trinajstić information content (AvgIpc) is 2.37. The molecule has 0 atom stereocenters. The monoisotopic (exact) mass is 245 g/mol. The molecule has 3 heteroatoms. The molecule has 0 spiro atoms. The van der Waals surface area contributed by atoms with E-state index in [2.05, 4.69) is 38.4 Å². The number of hydrogen-bond acceptors (Lipinski definition) is 3. The molecule has 0 unspecified atom stereocenters. The Kier molecular flexibility index (Phi) is 6.16. The molecule has 1 rings (SSSR count). The fraction of sp³-hybridized carbons (Fsp3) is 1.00. The lowest BCUT2D eigenvalue weighted by Crippen LogP contribution is -2.44. The van der Waals surface area contributed by atoms with Crippen LogP contribution in [-0.2, 0) is 4.74 Å². The molecule has 0 aromatic carbocycles. The van der Waals surface area contributed by atoms with Gasteiger partial charge in [0.25, 0.3) is 0 Å². The molecule has 0 N–H and O–H groups in total. The van der Waals surface area contributed by atoms with Crippen LogP contribution in [0.25, 0.3) is 0 Å². The van der Waals surface area contributed by atoms with Gasteiger partial charge in [-0.3, -0.25) is 0 Å². The largest absolute Gasteiger partial charge is 0.381 e. The van der Waals surface area contributed by atoms with Gasteiger partial charge in [-0.25, -0.2) is 0 Å². The molecule has 1 heterocycles. The summed E-state index contributed by atoms with van der Waals surface area (Å²) >= 11 is 4.55. The van der Waals surface area contributed by atoms with Gasteiger partial charge < -0.3 is 9.64 Å². The van der Waals surface area contributed by atoms with Crippen LogP contribution in [-0.4, -0.2) is 43.5 Å². The van der Waals surface area contributed by atoms with Crippen molar-refractivity contribution in [3.63, 3.8) is 0 Å². The summed E-state index contributed by atoms with van der Waals surface area (Å²) in [6.45, 7) is 7.62. The van der Waals surface area contributed by atoms with Gasteiger partial charge in [-0.1, -0.05) is 13.8 Å². The summed E-state index contributed by atoms with van der Waals surface area (Å²) in [6.07, 6.45) is 4.82. The second kappa shape index (κ2) is 6.87. The van der Waals surface area contributed by atoms with Gasteiger partial charge in [-0.05, 0) is 43.9 Å². The molecule has 1 aliphatic rings. The topological polar surface area (TPSA) is 12.5 Å². The molecule has 0 aromatic rings. The number of rotatable bonds is 6. The molecule has 1 aliphatic heterocycles. The van der Waals surface area contributed by atoms with Gasteiger partial charge in [0.1, 0.15) is 0 Å². The zero-order chi connectivity index (χ0) is 12.0. The Hall–Kier alpha value is 0.270. The average molecular weight is 245 g/mol.